The highest BCUT2D eigenvalue weighted by atomic mass is 16.5. The highest BCUT2D eigenvalue weighted by Crippen LogP contribution is 2.39. The Balaban J connectivity index is 1.11. The second-order valence-corrected chi connectivity index (χ2v) is 22.9. The maximum atomic E-state index is 6.88. The molecule has 10 rings (SSSR count). The minimum atomic E-state index is -0.0539. The van der Waals surface area contributed by atoms with E-state index in [1.54, 1.807) is 0 Å². The Morgan fingerprint density at radius 3 is 1.78 bits per heavy atom. The molecule has 0 spiro atoms. The molecule has 0 amide bonds. The fraction of sp³-hybridized carbons (Fsp3) is 0.250. The van der Waals surface area contributed by atoms with E-state index in [4.69, 9.17) is 9.72 Å². The van der Waals surface area contributed by atoms with Crippen LogP contribution in [0.2, 0.25) is 0 Å². The molecule has 0 aliphatic rings. The van der Waals surface area contributed by atoms with Crippen LogP contribution in [0.5, 0.6) is 11.5 Å². The summed E-state index contributed by atoms with van der Waals surface area (Å²) in [6.45, 7) is 27.3. The molecule has 0 fully saturated rings. The number of para-hydroxylation sites is 1. The lowest BCUT2D eigenvalue weighted by Crippen LogP contribution is -2.32. The van der Waals surface area contributed by atoms with Gasteiger partial charge in [0.25, 0.3) is 6.33 Å². The molecule has 346 valence electrons. The van der Waals surface area contributed by atoms with Gasteiger partial charge in [-0.1, -0.05) is 174 Å². The number of ether oxygens (including phenoxy) is 1. The molecule has 5 heteroatoms. The normalized spacial score (nSPS) is 12.6. The van der Waals surface area contributed by atoms with Crippen LogP contribution in [0.1, 0.15) is 105 Å². The van der Waals surface area contributed by atoms with E-state index in [0.29, 0.717) is 0 Å². The lowest BCUT2D eigenvalue weighted by atomic mass is 9.80. The third-order valence-electron chi connectivity index (χ3n) is 13.6. The second-order valence-electron chi connectivity index (χ2n) is 22.9. The van der Waals surface area contributed by atoms with Crippen LogP contribution < -0.4 is 9.30 Å². The molecule has 5 nitrogen and oxygen atoms in total. The Hall–Kier alpha value is -7.24. The molecule has 0 aliphatic heterocycles. The largest absolute Gasteiger partial charge is 0.458 e. The standard InChI is InChI=1S/C64H64N4O/c1-61(2,3)45-27-24-43(25-28-45)53-22-17-23-57-60(53)67(50-36-47(63(7,8)9)35-48(37-50)64(10,11)12)41-66(57)49-20-16-21-51(39-49)69-52-29-30-54-55-34-44(42-18-14-13-15-19-42)26-31-56(55)68(58(54)40-52)59-38-46(32-33-65-59)62(4,5)6/h13-40H,1-12H3. The number of nitrogens with zero attached hydrogens (tertiary/aromatic N) is 4. The molecule has 0 saturated carbocycles. The summed E-state index contributed by atoms with van der Waals surface area (Å²) in [5, 5.41) is 2.30. The predicted molar refractivity (Wildman–Crippen MR) is 288 cm³/mol. The number of hydrogen-bond donors (Lipinski definition) is 0. The van der Waals surface area contributed by atoms with Crippen molar-refractivity contribution in [1.82, 2.24) is 14.1 Å². The lowest BCUT2D eigenvalue weighted by molar-refractivity contribution is -0.572. The fourth-order valence-electron chi connectivity index (χ4n) is 9.47. The first-order valence-electron chi connectivity index (χ1n) is 24.4. The van der Waals surface area contributed by atoms with E-state index in [9.17, 15) is 0 Å². The van der Waals surface area contributed by atoms with Gasteiger partial charge in [-0.25, -0.2) is 4.98 Å². The third kappa shape index (κ3) is 8.76. The number of benzene rings is 7. The van der Waals surface area contributed by atoms with Crippen molar-refractivity contribution >= 4 is 32.8 Å². The minimum absolute atomic E-state index is 0.0386. The van der Waals surface area contributed by atoms with Crippen molar-refractivity contribution < 1.29 is 9.30 Å². The molecular formula is C64H64N4O. The van der Waals surface area contributed by atoms with Gasteiger partial charge >= 0.3 is 0 Å². The first kappa shape index (κ1) is 45.5. The maximum Gasteiger partial charge on any atom is 0.269 e. The zero-order chi connectivity index (χ0) is 48.6. The lowest BCUT2D eigenvalue weighted by Gasteiger charge is -2.26. The number of fused-ring (bicyclic) bond motifs is 4. The molecule has 10 aromatic rings. The van der Waals surface area contributed by atoms with Crippen LogP contribution in [0.3, 0.4) is 0 Å². The van der Waals surface area contributed by atoms with Crippen LogP contribution in [0.25, 0.3) is 72.3 Å². The maximum absolute atomic E-state index is 6.88. The summed E-state index contributed by atoms with van der Waals surface area (Å²) in [4.78, 5) is 4.97. The quantitative estimate of drug-likeness (QED) is 0.118. The van der Waals surface area contributed by atoms with Crippen molar-refractivity contribution in [2.75, 3.05) is 0 Å². The van der Waals surface area contributed by atoms with Crippen molar-refractivity contribution in [2.45, 2.75) is 105 Å². The summed E-state index contributed by atoms with van der Waals surface area (Å²) in [6.07, 6.45) is 5.81. The van der Waals surface area contributed by atoms with Crippen LogP contribution >= 0.6 is 0 Å². The van der Waals surface area contributed by atoms with Gasteiger partial charge in [0.15, 0.2) is 0 Å². The van der Waals surface area contributed by atoms with E-state index in [1.807, 2.05) is 12.3 Å². The zero-order valence-corrected chi connectivity index (χ0v) is 42.4. The monoisotopic (exact) mass is 905 g/mol. The average Bonchev–Trinajstić information content (AvgIpc) is 3.87. The smallest absolute Gasteiger partial charge is 0.269 e. The Morgan fingerprint density at radius 2 is 1.10 bits per heavy atom. The number of aromatic nitrogens is 4. The van der Waals surface area contributed by atoms with E-state index in [2.05, 4.69) is 261 Å². The minimum Gasteiger partial charge on any atom is -0.458 e. The molecule has 0 saturated heterocycles. The summed E-state index contributed by atoms with van der Waals surface area (Å²) >= 11 is 0. The van der Waals surface area contributed by atoms with Crippen molar-refractivity contribution in [3.8, 4) is 50.9 Å². The van der Waals surface area contributed by atoms with Gasteiger partial charge in [0, 0.05) is 23.0 Å². The molecule has 3 heterocycles. The van der Waals surface area contributed by atoms with Gasteiger partial charge in [-0.05, 0) is 133 Å². The molecule has 0 unspecified atom stereocenters. The highest BCUT2D eigenvalue weighted by molar-refractivity contribution is 6.10. The van der Waals surface area contributed by atoms with Crippen molar-refractivity contribution in [2.24, 2.45) is 0 Å². The molecule has 0 radical (unpaired) electrons. The van der Waals surface area contributed by atoms with Gasteiger partial charge in [-0.2, -0.15) is 0 Å². The predicted octanol–water partition coefficient (Wildman–Crippen LogP) is 16.5. The van der Waals surface area contributed by atoms with Gasteiger partial charge in [-0.3, -0.25) is 13.7 Å². The Labute approximate surface area is 408 Å². The van der Waals surface area contributed by atoms with Gasteiger partial charge in [0.05, 0.1) is 33.4 Å². The second kappa shape index (κ2) is 16.8. The zero-order valence-electron chi connectivity index (χ0n) is 42.4. The highest BCUT2D eigenvalue weighted by Gasteiger charge is 2.25. The van der Waals surface area contributed by atoms with Gasteiger partial charge in [0.1, 0.15) is 17.3 Å². The average molecular weight is 905 g/mol. The summed E-state index contributed by atoms with van der Waals surface area (Å²) in [5.74, 6) is 2.35. The van der Waals surface area contributed by atoms with Crippen molar-refractivity contribution in [3.63, 3.8) is 0 Å². The molecule has 0 aliphatic carbocycles. The summed E-state index contributed by atoms with van der Waals surface area (Å²) < 4.78 is 13.6. The molecule has 0 bridgehead atoms. The molecular weight excluding hydrogens is 841 g/mol. The van der Waals surface area contributed by atoms with Crippen LogP contribution in [0.15, 0.2) is 170 Å². The Morgan fingerprint density at radius 1 is 0.449 bits per heavy atom. The summed E-state index contributed by atoms with van der Waals surface area (Å²) in [6, 6.07) is 59.3. The van der Waals surface area contributed by atoms with E-state index < -0.39 is 0 Å². The first-order valence-corrected chi connectivity index (χ1v) is 24.4. The SMILES string of the molecule is CC(C)(C)c1ccc(-c2cccc3c2[n+](-c2cc(C(C)(C)C)cc(C(C)(C)C)c2)[c-]n3-c2cccc(Oc3ccc4c5cc(-c6ccccc6)ccc5n(-c5cc(C(C)(C)C)ccn5)c4c3)c2)cc1. The third-order valence-corrected chi connectivity index (χ3v) is 13.6. The molecule has 0 N–H and O–H groups in total. The van der Waals surface area contributed by atoms with Crippen LogP contribution in [-0.2, 0) is 21.7 Å². The topological polar surface area (TPSA) is 35.9 Å². The fourth-order valence-corrected chi connectivity index (χ4v) is 9.47. The first-order chi connectivity index (χ1) is 32.7. The molecule has 0 atom stereocenters. The summed E-state index contributed by atoms with van der Waals surface area (Å²) in [5.41, 5.74) is 16.0. The van der Waals surface area contributed by atoms with E-state index in [1.165, 1.54) is 38.8 Å². The Kier molecular flexibility index (Phi) is 11.1. The van der Waals surface area contributed by atoms with Crippen LogP contribution in [0.4, 0.5) is 0 Å². The number of imidazole rings is 1. The number of pyridine rings is 1. The van der Waals surface area contributed by atoms with Crippen LogP contribution in [0, 0.1) is 6.33 Å². The van der Waals surface area contributed by atoms with Crippen LogP contribution in [-0.4, -0.2) is 14.1 Å². The van der Waals surface area contributed by atoms with Gasteiger partial charge < -0.3 is 4.74 Å². The molecule has 69 heavy (non-hydrogen) atoms. The van der Waals surface area contributed by atoms with E-state index in [-0.39, 0.29) is 21.7 Å². The van der Waals surface area contributed by atoms with E-state index in [0.717, 1.165) is 67.3 Å². The number of hydrogen-bond acceptors (Lipinski definition) is 2. The van der Waals surface area contributed by atoms with Crippen molar-refractivity contribution in [3.05, 3.63) is 199 Å². The Bertz CT molecular complexity index is 3510. The van der Waals surface area contributed by atoms with Crippen molar-refractivity contribution in [1.29, 1.82) is 0 Å². The number of rotatable bonds is 7. The summed E-state index contributed by atoms with van der Waals surface area (Å²) in [7, 11) is 0. The van der Waals surface area contributed by atoms with Gasteiger partial charge in [-0.15, -0.1) is 0 Å². The molecule has 7 aromatic carbocycles. The van der Waals surface area contributed by atoms with E-state index >= 15 is 0 Å². The van der Waals surface area contributed by atoms with Gasteiger partial charge in [0.2, 0.25) is 0 Å². The molecule has 3 aromatic heterocycles.